The van der Waals surface area contributed by atoms with Crippen LogP contribution in [0.15, 0.2) is 46.1 Å². The maximum absolute atomic E-state index is 5.68. The van der Waals surface area contributed by atoms with Crippen LogP contribution in [0.25, 0.3) is 0 Å². The van der Waals surface area contributed by atoms with Crippen molar-refractivity contribution in [3.05, 3.63) is 48.0 Å². The Morgan fingerprint density at radius 2 is 2.07 bits per heavy atom. The third-order valence-electron chi connectivity index (χ3n) is 4.75. The van der Waals surface area contributed by atoms with Crippen LogP contribution in [0.3, 0.4) is 0 Å². The fourth-order valence-corrected chi connectivity index (χ4v) is 3.37. The number of nitrogens with zero attached hydrogens (tertiary/aromatic N) is 3. The van der Waals surface area contributed by atoms with Crippen molar-refractivity contribution in [3.8, 4) is 5.88 Å². The molecule has 0 spiro atoms. The highest BCUT2D eigenvalue weighted by atomic mass is 16.5. The Labute approximate surface area is 167 Å². The van der Waals surface area contributed by atoms with E-state index in [2.05, 4.69) is 25.5 Å². The van der Waals surface area contributed by atoms with Gasteiger partial charge >= 0.3 is 0 Å². The molecule has 152 valence electrons. The van der Waals surface area contributed by atoms with Gasteiger partial charge in [0.1, 0.15) is 5.76 Å². The van der Waals surface area contributed by atoms with E-state index in [9.17, 15) is 0 Å². The Bertz CT molecular complexity index is 722. The summed E-state index contributed by atoms with van der Waals surface area (Å²) in [5, 5.41) is 6.78. The van der Waals surface area contributed by atoms with Gasteiger partial charge < -0.3 is 19.8 Å². The van der Waals surface area contributed by atoms with E-state index < -0.39 is 0 Å². The quantitative estimate of drug-likeness (QED) is 0.538. The highest BCUT2D eigenvalue weighted by Crippen LogP contribution is 2.24. The van der Waals surface area contributed by atoms with Crippen LogP contribution in [0, 0.1) is 0 Å². The summed E-state index contributed by atoms with van der Waals surface area (Å²) in [5.74, 6) is 2.40. The molecule has 28 heavy (non-hydrogen) atoms. The minimum Gasteiger partial charge on any atom is -0.475 e. The molecule has 0 bridgehead atoms. The lowest BCUT2D eigenvalue weighted by Gasteiger charge is -2.26. The van der Waals surface area contributed by atoms with Crippen LogP contribution in [-0.2, 0) is 6.54 Å². The standard InChI is InChI=1S/C21H31N5O2/c1-16(2)28-20-9-8-17(13-23-20)14-24-21(22-3)25-15-18(19-7-6-12-27-19)26-10-4-5-11-26/h6-9,12-13,16,18H,4-5,10-11,14-15H2,1-3H3,(H2,22,24,25). The average molecular weight is 386 g/mol. The molecule has 2 aromatic rings. The smallest absolute Gasteiger partial charge is 0.213 e. The molecule has 1 saturated heterocycles. The molecule has 0 aliphatic carbocycles. The van der Waals surface area contributed by atoms with Crippen LogP contribution < -0.4 is 15.4 Å². The summed E-state index contributed by atoms with van der Waals surface area (Å²) in [6, 6.07) is 8.12. The van der Waals surface area contributed by atoms with Crippen molar-refractivity contribution in [1.82, 2.24) is 20.5 Å². The molecule has 0 radical (unpaired) electrons. The van der Waals surface area contributed by atoms with E-state index in [0.29, 0.717) is 12.4 Å². The van der Waals surface area contributed by atoms with Crippen LogP contribution in [-0.4, -0.2) is 48.6 Å². The van der Waals surface area contributed by atoms with Gasteiger partial charge in [0.2, 0.25) is 5.88 Å². The van der Waals surface area contributed by atoms with Crippen molar-refractivity contribution < 1.29 is 9.15 Å². The molecule has 1 aliphatic heterocycles. The Balaban J connectivity index is 1.52. The van der Waals surface area contributed by atoms with Gasteiger partial charge in [-0.15, -0.1) is 0 Å². The third-order valence-corrected chi connectivity index (χ3v) is 4.75. The minimum absolute atomic E-state index is 0.122. The summed E-state index contributed by atoms with van der Waals surface area (Å²) in [4.78, 5) is 11.2. The van der Waals surface area contributed by atoms with Crippen molar-refractivity contribution in [2.75, 3.05) is 26.7 Å². The summed E-state index contributed by atoms with van der Waals surface area (Å²) >= 11 is 0. The topological polar surface area (TPSA) is 74.9 Å². The van der Waals surface area contributed by atoms with Crippen LogP contribution in [0.4, 0.5) is 0 Å². The van der Waals surface area contributed by atoms with Crippen LogP contribution in [0.5, 0.6) is 5.88 Å². The molecular formula is C21H31N5O2. The fraction of sp³-hybridized carbons (Fsp3) is 0.524. The first kappa shape index (κ1) is 20.2. The first-order valence-electron chi connectivity index (χ1n) is 9.99. The number of pyridine rings is 1. The molecule has 0 aromatic carbocycles. The number of aromatic nitrogens is 1. The van der Waals surface area contributed by atoms with Crippen LogP contribution >= 0.6 is 0 Å². The third kappa shape index (κ3) is 5.73. The predicted molar refractivity (Wildman–Crippen MR) is 110 cm³/mol. The van der Waals surface area contributed by atoms with Crippen molar-refractivity contribution in [1.29, 1.82) is 0 Å². The number of furan rings is 1. The van der Waals surface area contributed by atoms with E-state index in [1.807, 2.05) is 44.3 Å². The van der Waals surface area contributed by atoms with Crippen LogP contribution in [0.1, 0.15) is 44.1 Å². The maximum Gasteiger partial charge on any atom is 0.213 e. The number of guanidine groups is 1. The molecule has 7 nitrogen and oxygen atoms in total. The number of rotatable bonds is 8. The van der Waals surface area contributed by atoms with Crippen molar-refractivity contribution in [3.63, 3.8) is 0 Å². The number of aliphatic imine (C=N–C) groups is 1. The zero-order valence-electron chi connectivity index (χ0n) is 17.0. The molecular weight excluding hydrogens is 354 g/mol. The number of ether oxygens (including phenoxy) is 1. The van der Waals surface area contributed by atoms with Gasteiger partial charge in [-0.2, -0.15) is 0 Å². The first-order chi connectivity index (χ1) is 13.7. The molecule has 1 unspecified atom stereocenters. The van der Waals surface area contributed by atoms with Gasteiger partial charge in [0, 0.05) is 32.4 Å². The van der Waals surface area contributed by atoms with Gasteiger partial charge in [-0.25, -0.2) is 4.98 Å². The number of likely N-dealkylation sites (tertiary alicyclic amines) is 1. The molecule has 1 aliphatic rings. The van der Waals surface area contributed by atoms with Gasteiger partial charge in [0.15, 0.2) is 5.96 Å². The zero-order chi connectivity index (χ0) is 19.8. The second-order valence-electron chi connectivity index (χ2n) is 7.25. The van der Waals surface area contributed by atoms with E-state index in [1.54, 1.807) is 13.3 Å². The zero-order valence-corrected chi connectivity index (χ0v) is 17.0. The van der Waals surface area contributed by atoms with E-state index in [-0.39, 0.29) is 12.1 Å². The number of nitrogens with one attached hydrogen (secondary N) is 2. The normalized spacial score (nSPS) is 16.4. The fourth-order valence-electron chi connectivity index (χ4n) is 3.37. The van der Waals surface area contributed by atoms with E-state index in [1.165, 1.54) is 12.8 Å². The van der Waals surface area contributed by atoms with Crippen molar-refractivity contribution in [2.24, 2.45) is 4.99 Å². The van der Waals surface area contributed by atoms with Gasteiger partial charge in [0.25, 0.3) is 0 Å². The van der Waals surface area contributed by atoms with Gasteiger partial charge in [-0.05, 0) is 57.5 Å². The van der Waals surface area contributed by atoms with Crippen molar-refractivity contribution in [2.45, 2.75) is 45.4 Å². The summed E-state index contributed by atoms with van der Waals surface area (Å²) in [6.07, 6.45) is 6.18. The SMILES string of the molecule is CN=C(NCc1ccc(OC(C)C)nc1)NCC(c1ccco1)N1CCCC1. The van der Waals surface area contributed by atoms with E-state index in [0.717, 1.165) is 36.9 Å². The van der Waals surface area contributed by atoms with Crippen LogP contribution in [0.2, 0.25) is 0 Å². The first-order valence-corrected chi connectivity index (χ1v) is 9.99. The molecule has 1 fully saturated rings. The lowest BCUT2D eigenvalue weighted by molar-refractivity contribution is 0.215. The van der Waals surface area contributed by atoms with E-state index in [4.69, 9.17) is 9.15 Å². The lowest BCUT2D eigenvalue weighted by atomic mass is 10.2. The second kappa shape index (κ2) is 10.1. The van der Waals surface area contributed by atoms with Gasteiger partial charge in [0.05, 0.1) is 18.4 Å². The molecule has 2 aromatic heterocycles. The minimum atomic E-state index is 0.122. The molecule has 3 rings (SSSR count). The Morgan fingerprint density at radius 3 is 2.68 bits per heavy atom. The lowest BCUT2D eigenvalue weighted by Crippen LogP contribution is -2.42. The Morgan fingerprint density at radius 1 is 1.25 bits per heavy atom. The van der Waals surface area contributed by atoms with E-state index >= 15 is 0 Å². The molecule has 0 amide bonds. The maximum atomic E-state index is 5.68. The molecule has 7 heteroatoms. The molecule has 1 atom stereocenters. The predicted octanol–water partition coefficient (Wildman–Crippen LogP) is 2.96. The number of hydrogen-bond donors (Lipinski definition) is 2. The Kier molecular flexibility index (Phi) is 7.31. The molecule has 3 heterocycles. The summed E-state index contributed by atoms with van der Waals surface area (Å²) < 4.78 is 11.3. The van der Waals surface area contributed by atoms with Gasteiger partial charge in [-0.3, -0.25) is 9.89 Å². The highest BCUT2D eigenvalue weighted by molar-refractivity contribution is 5.79. The number of hydrogen-bond acceptors (Lipinski definition) is 5. The summed E-state index contributed by atoms with van der Waals surface area (Å²) in [6.45, 7) is 7.58. The molecule has 2 N–H and O–H groups in total. The largest absolute Gasteiger partial charge is 0.475 e. The Hall–Kier alpha value is -2.54. The second-order valence-corrected chi connectivity index (χ2v) is 7.25. The summed E-state index contributed by atoms with van der Waals surface area (Å²) in [7, 11) is 1.78. The summed E-state index contributed by atoms with van der Waals surface area (Å²) in [5.41, 5.74) is 1.07. The van der Waals surface area contributed by atoms with Crippen molar-refractivity contribution >= 4 is 5.96 Å². The molecule has 0 saturated carbocycles. The van der Waals surface area contributed by atoms with Gasteiger partial charge in [-0.1, -0.05) is 6.07 Å². The average Bonchev–Trinajstić information content (AvgIpc) is 3.40. The monoisotopic (exact) mass is 385 g/mol. The highest BCUT2D eigenvalue weighted by Gasteiger charge is 2.25.